The fourth-order valence-electron chi connectivity index (χ4n) is 1.86. The number of carboxylic acids is 1. The predicted molar refractivity (Wildman–Crippen MR) is 53.3 cm³/mol. The van der Waals surface area contributed by atoms with Crippen LogP contribution >= 0.6 is 0 Å². The molecule has 74 valence electrons. The van der Waals surface area contributed by atoms with E-state index >= 15 is 0 Å². The molecule has 1 aliphatic carbocycles. The van der Waals surface area contributed by atoms with Gasteiger partial charge in [-0.05, 0) is 12.1 Å². The number of carboxylic acid groups (broad SMARTS) is 1. The molecule has 0 spiro atoms. The lowest BCUT2D eigenvalue weighted by molar-refractivity contribution is -0.132. The van der Waals surface area contributed by atoms with Crippen molar-refractivity contribution in [1.29, 1.82) is 0 Å². The Hall–Kier alpha value is -2.10. The third kappa shape index (κ3) is 1.08. The first-order valence-corrected chi connectivity index (χ1v) is 4.55. The summed E-state index contributed by atoms with van der Waals surface area (Å²) >= 11 is 0. The van der Waals surface area contributed by atoms with Crippen molar-refractivity contribution in [2.75, 3.05) is 0 Å². The molecule has 0 saturated carbocycles. The third-order valence-corrected chi connectivity index (χ3v) is 2.57. The Labute approximate surface area is 84.8 Å². The predicted octanol–water partition coefficient (Wildman–Crippen LogP) is 1.85. The van der Waals surface area contributed by atoms with Crippen molar-refractivity contribution >= 4 is 23.0 Å². The van der Waals surface area contributed by atoms with Crippen LogP contribution in [0.3, 0.4) is 0 Å². The first-order valence-electron chi connectivity index (χ1n) is 4.55. The summed E-state index contributed by atoms with van der Waals surface area (Å²) in [5.41, 5.74) is 2.04. The largest absolute Gasteiger partial charge is 0.478 e. The zero-order chi connectivity index (χ0) is 10.4. The van der Waals surface area contributed by atoms with Crippen LogP contribution in [-0.2, 0) is 11.2 Å². The van der Waals surface area contributed by atoms with Gasteiger partial charge in [0.15, 0.2) is 5.58 Å². The summed E-state index contributed by atoms with van der Waals surface area (Å²) < 4.78 is 5.49. The normalized spacial score (nSPS) is 14.0. The van der Waals surface area contributed by atoms with Gasteiger partial charge in [0.1, 0.15) is 5.76 Å². The van der Waals surface area contributed by atoms with Crippen molar-refractivity contribution in [1.82, 2.24) is 4.98 Å². The van der Waals surface area contributed by atoms with Crippen molar-refractivity contribution in [3.63, 3.8) is 0 Å². The van der Waals surface area contributed by atoms with Gasteiger partial charge in [-0.15, -0.1) is 0 Å². The minimum atomic E-state index is -0.886. The summed E-state index contributed by atoms with van der Waals surface area (Å²) in [5.74, 6) is -0.237. The second kappa shape index (κ2) is 2.70. The van der Waals surface area contributed by atoms with Gasteiger partial charge in [-0.1, -0.05) is 0 Å². The van der Waals surface area contributed by atoms with E-state index in [0.29, 0.717) is 23.3 Å². The van der Waals surface area contributed by atoms with Gasteiger partial charge in [0.2, 0.25) is 0 Å². The molecule has 0 aromatic carbocycles. The number of nitrogens with zero attached hydrogens (tertiary/aromatic N) is 1. The molecule has 1 aliphatic rings. The van der Waals surface area contributed by atoms with Crippen LogP contribution < -0.4 is 0 Å². The Morgan fingerprint density at radius 3 is 3.20 bits per heavy atom. The quantitative estimate of drug-likeness (QED) is 0.764. The number of aliphatic carboxylic acids is 1. The Morgan fingerprint density at radius 1 is 1.53 bits per heavy atom. The molecule has 0 fully saturated rings. The van der Waals surface area contributed by atoms with Crippen LogP contribution in [0.2, 0.25) is 0 Å². The lowest BCUT2D eigenvalue weighted by atomic mass is 10.1. The maximum atomic E-state index is 10.8. The molecule has 2 heterocycles. The van der Waals surface area contributed by atoms with E-state index in [1.807, 2.05) is 6.07 Å². The van der Waals surface area contributed by atoms with Crippen LogP contribution in [0.15, 0.2) is 28.5 Å². The molecule has 0 bridgehead atoms. The number of fused-ring (bicyclic) bond motifs is 3. The second-order valence-electron chi connectivity index (χ2n) is 3.47. The number of hydrogen-bond donors (Lipinski definition) is 1. The molecular formula is C11H7NO3. The van der Waals surface area contributed by atoms with Gasteiger partial charge in [0, 0.05) is 29.1 Å². The van der Waals surface area contributed by atoms with E-state index in [-0.39, 0.29) is 0 Å². The summed E-state index contributed by atoms with van der Waals surface area (Å²) in [6.07, 6.45) is 5.33. The fraction of sp³-hybridized carbons (Fsp3) is 0.0909. The van der Waals surface area contributed by atoms with Crippen LogP contribution in [0, 0.1) is 0 Å². The van der Waals surface area contributed by atoms with Crippen molar-refractivity contribution in [3.05, 3.63) is 35.4 Å². The van der Waals surface area contributed by atoms with E-state index in [0.717, 1.165) is 10.9 Å². The average molecular weight is 201 g/mol. The molecule has 15 heavy (non-hydrogen) atoms. The topological polar surface area (TPSA) is 63.3 Å². The van der Waals surface area contributed by atoms with Crippen LogP contribution in [0.4, 0.5) is 0 Å². The molecule has 2 aromatic heterocycles. The molecule has 0 amide bonds. The highest BCUT2D eigenvalue weighted by Gasteiger charge is 2.23. The number of hydrogen-bond acceptors (Lipinski definition) is 3. The Bertz CT molecular complexity index is 595. The fourth-order valence-corrected chi connectivity index (χ4v) is 1.86. The summed E-state index contributed by atoms with van der Waals surface area (Å²) in [6, 6.07) is 1.84. The molecular weight excluding hydrogens is 194 g/mol. The van der Waals surface area contributed by atoms with Gasteiger partial charge in [0.25, 0.3) is 0 Å². The summed E-state index contributed by atoms with van der Waals surface area (Å²) in [7, 11) is 0. The van der Waals surface area contributed by atoms with E-state index in [2.05, 4.69) is 4.98 Å². The molecule has 0 radical (unpaired) electrons. The molecule has 0 atom stereocenters. The van der Waals surface area contributed by atoms with E-state index in [9.17, 15) is 4.79 Å². The maximum Gasteiger partial charge on any atom is 0.332 e. The van der Waals surface area contributed by atoms with Crippen LogP contribution in [0.1, 0.15) is 11.3 Å². The monoisotopic (exact) mass is 201 g/mol. The van der Waals surface area contributed by atoms with E-state index in [1.165, 1.54) is 0 Å². The minimum Gasteiger partial charge on any atom is -0.478 e. The van der Waals surface area contributed by atoms with Crippen molar-refractivity contribution in [2.24, 2.45) is 0 Å². The highest BCUT2D eigenvalue weighted by molar-refractivity contribution is 5.98. The molecule has 4 heteroatoms. The van der Waals surface area contributed by atoms with E-state index < -0.39 is 5.97 Å². The van der Waals surface area contributed by atoms with Gasteiger partial charge in [-0.3, -0.25) is 4.98 Å². The zero-order valence-electron chi connectivity index (χ0n) is 7.73. The molecule has 0 aliphatic heterocycles. The lowest BCUT2D eigenvalue weighted by Gasteiger charge is -1.93. The molecule has 3 rings (SSSR count). The van der Waals surface area contributed by atoms with Crippen LogP contribution in [0.5, 0.6) is 0 Å². The number of carbonyl (C=O) groups is 1. The molecule has 1 N–H and O–H groups in total. The van der Waals surface area contributed by atoms with Crippen molar-refractivity contribution in [3.8, 4) is 0 Å². The highest BCUT2D eigenvalue weighted by Crippen LogP contribution is 2.33. The first kappa shape index (κ1) is 8.23. The van der Waals surface area contributed by atoms with Gasteiger partial charge in [-0.25, -0.2) is 4.79 Å². The first-order chi connectivity index (χ1) is 7.25. The maximum absolute atomic E-state index is 10.8. The van der Waals surface area contributed by atoms with Crippen molar-refractivity contribution < 1.29 is 14.3 Å². The summed E-state index contributed by atoms with van der Waals surface area (Å²) in [4.78, 5) is 14.7. The van der Waals surface area contributed by atoms with E-state index in [4.69, 9.17) is 9.52 Å². The number of rotatable bonds is 1. The number of aromatic nitrogens is 1. The molecule has 4 nitrogen and oxygen atoms in total. The van der Waals surface area contributed by atoms with E-state index in [1.54, 1.807) is 18.5 Å². The number of furan rings is 1. The smallest absolute Gasteiger partial charge is 0.332 e. The van der Waals surface area contributed by atoms with Crippen LogP contribution in [-0.4, -0.2) is 16.1 Å². The molecule has 0 unspecified atom stereocenters. The lowest BCUT2D eigenvalue weighted by Crippen LogP contribution is -1.99. The SMILES string of the molecule is O=C(O)C1=Cc2oc3cnccc3c2C1. The van der Waals surface area contributed by atoms with Gasteiger partial charge < -0.3 is 9.52 Å². The highest BCUT2D eigenvalue weighted by atomic mass is 16.4. The number of pyridine rings is 1. The third-order valence-electron chi connectivity index (χ3n) is 2.57. The Balaban J connectivity index is 2.22. The standard InChI is InChI=1S/C11H7NO3/c13-11(14)6-3-8-7-1-2-12-5-10(7)15-9(8)4-6/h1-2,4-5H,3H2,(H,13,14). The minimum absolute atomic E-state index is 0.377. The summed E-state index contributed by atoms with van der Waals surface area (Å²) in [6.45, 7) is 0. The van der Waals surface area contributed by atoms with Crippen molar-refractivity contribution in [2.45, 2.75) is 6.42 Å². The molecule has 2 aromatic rings. The van der Waals surface area contributed by atoms with Gasteiger partial charge in [-0.2, -0.15) is 0 Å². The summed E-state index contributed by atoms with van der Waals surface area (Å²) in [5, 5.41) is 9.80. The van der Waals surface area contributed by atoms with Crippen LogP contribution in [0.25, 0.3) is 17.0 Å². The average Bonchev–Trinajstić information content (AvgIpc) is 2.73. The molecule has 0 saturated heterocycles. The second-order valence-corrected chi connectivity index (χ2v) is 3.47. The Kier molecular flexibility index (Phi) is 1.48. The van der Waals surface area contributed by atoms with Gasteiger partial charge in [0.05, 0.1) is 6.20 Å². The van der Waals surface area contributed by atoms with Gasteiger partial charge >= 0.3 is 5.97 Å². The zero-order valence-corrected chi connectivity index (χ0v) is 7.73. The Morgan fingerprint density at radius 2 is 2.40 bits per heavy atom.